The predicted molar refractivity (Wildman–Crippen MR) is 212 cm³/mol. The van der Waals surface area contributed by atoms with Crippen molar-refractivity contribution in [3.8, 4) is 5.75 Å². The van der Waals surface area contributed by atoms with Crippen molar-refractivity contribution in [3.05, 3.63) is 60.0 Å². The van der Waals surface area contributed by atoms with Gasteiger partial charge in [0.1, 0.15) is 11.6 Å². The van der Waals surface area contributed by atoms with Crippen LogP contribution < -0.4 is 15.0 Å². The highest BCUT2D eigenvalue weighted by atomic mass is 32.1. The number of rotatable bonds is 23. The summed E-state index contributed by atoms with van der Waals surface area (Å²) >= 11 is 1.82. The first-order valence-electron chi connectivity index (χ1n) is 19.6. The van der Waals surface area contributed by atoms with E-state index in [0.717, 1.165) is 75.1 Å². The lowest BCUT2D eigenvalue weighted by Gasteiger charge is -2.36. The van der Waals surface area contributed by atoms with E-state index in [-0.39, 0.29) is 0 Å². The number of pyridine rings is 1. The molecule has 1 aliphatic heterocycles. The molecule has 5 rings (SSSR count). The van der Waals surface area contributed by atoms with E-state index in [1.807, 2.05) is 41.7 Å². The summed E-state index contributed by atoms with van der Waals surface area (Å²) in [6.07, 6.45) is 20.0. The van der Waals surface area contributed by atoms with Crippen molar-refractivity contribution in [3.63, 3.8) is 0 Å². The van der Waals surface area contributed by atoms with Gasteiger partial charge in [-0.1, -0.05) is 96.5 Å². The molecule has 0 unspecified atom stereocenters. The number of nitrogens with one attached hydrogen (secondary N) is 1. The van der Waals surface area contributed by atoms with Crippen molar-refractivity contribution in [2.45, 2.75) is 110 Å². The summed E-state index contributed by atoms with van der Waals surface area (Å²) in [5.41, 5.74) is 2.17. The number of ether oxygens (including phenoxy) is 2. The van der Waals surface area contributed by atoms with Crippen LogP contribution >= 0.6 is 11.3 Å². The van der Waals surface area contributed by atoms with Gasteiger partial charge in [-0.25, -0.2) is 9.78 Å². The van der Waals surface area contributed by atoms with Crippen molar-refractivity contribution in [1.29, 1.82) is 0 Å². The van der Waals surface area contributed by atoms with Crippen LogP contribution in [-0.4, -0.2) is 61.9 Å². The number of nitrogens with zero attached hydrogens (tertiary/aromatic N) is 3. The maximum absolute atomic E-state index is 12.4. The maximum atomic E-state index is 12.4. The van der Waals surface area contributed by atoms with Gasteiger partial charge in [-0.3, -0.25) is 10.2 Å². The number of benzene rings is 2. The van der Waals surface area contributed by atoms with E-state index >= 15 is 0 Å². The smallest absolute Gasteiger partial charge is 0.412 e. The van der Waals surface area contributed by atoms with Crippen LogP contribution in [0.4, 0.5) is 16.3 Å². The van der Waals surface area contributed by atoms with Gasteiger partial charge in [0.05, 0.1) is 18.7 Å². The molecule has 50 heavy (non-hydrogen) atoms. The molecule has 1 aliphatic rings. The van der Waals surface area contributed by atoms with Crippen molar-refractivity contribution in [2.24, 2.45) is 0 Å². The first-order valence-corrected chi connectivity index (χ1v) is 20.5. The largest absolute Gasteiger partial charge is 0.494 e. The predicted octanol–water partition coefficient (Wildman–Crippen LogP) is 11.5. The van der Waals surface area contributed by atoms with Gasteiger partial charge in [-0.05, 0) is 73.7 Å². The molecule has 272 valence electrons. The van der Waals surface area contributed by atoms with Crippen LogP contribution in [0, 0.1) is 0 Å². The van der Waals surface area contributed by atoms with Crippen LogP contribution in [0.25, 0.3) is 21.0 Å². The number of piperazine rings is 1. The topological polar surface area (TPSA) is 66.9 Å². The highest BCUT2D eigenvalue weighted by Crippen LogP contribution is 2.31. The first-order chi connectivity index (χ1) is 24.7. The van der Waals surface area contributed by atoms with E-state index in [1.54, 1.807) is 0 Å². The Bertz CT molecular complexity index is 1550. The molecule has 4 aromatic rings. The van der Waals surface area contributed by atoms with Crippen molar-refractivity contribution >= 4 is 49.9 Å². The van der Waals surface area contributed by atoms with Crippen molar-refractivity contribution < 1.29 is 14.3 Å². The number of hydrogen-bond acceptors (Lipinski definition) is 7. The zero-order valence-corrected chi connectivity index (χ0v) is 31.3. The second kappa shape index (κ2) is 21.8. The number of thiophene rings is 1. The Kier molecular flexibility index (Phi) is 16.5. The van der Waals surface area contributed by atoms with Gasteiger partial charge in [-0.2, -0.15) is 0 Å². The number of hydrogen-bond donors (Lipinski definition) is 1. The highest BCUT2D eigenvalue weighted by Gasteiger charge is 2.18. The summed E-state index contributed by atoms with van der Waals surface area (Å²) < 4.78 is 12.9. The van der Waals surface area contributed by atoms with Gasteiger partial charge in [0.15, 0.2) is 0 Å². The lowest BCUT2D eigenvalue weighted by atomic mass is 10.0. The molecule has 2 aromatic heterocycles. The second-order valence-electron chi connectivity index (χ2n) is 13.9. The Morgan fingerprint density at radius 1 is 0.760 bits per heavy atom. The molecule has 1 fully saturated rings. The lowest BCUT2D eigenvalue weighted by Crippen LogP contribution is -2.46. The summed E-state index contributed by atoms with van der Waals surface area (Å²) in [5, 5.41) is 7.37. The summed E-state index contributed by atoms with van der Waals surface area (Å²) in [6.45, 7) is 8.84. The van der Waals surface area contributed by atoms with Crippen LogP contribution in [-0.2, 0) is 4.74 Å². The van der Waals surface area contributed by atoms with Crippen LogP contribution in [0.5, 0.6) is 5.75 Å². The molecule has 2 aromatic carbocycles. The average molecular weight is 701 g/mol. The molecule has 1 saturated heterocycles. The van der Waals surface area contributed by atoms with Gasteiger partial charge < -0.3 is 14.4 Å². The zero-order valence-electron chi connectivity index (χ0n) is 30.5. The zero-order chi connectivity index (χ0) is 34.6. The van der Waals surface area contributed by atoms with Gasteiger partial charge in [-0.15, -0.1) is 11.3 Å². The number of fused-ring (bicyclic) bond motifs is 2. The van der Waals surface area contributed by atoms with Crippen molar-refractivity contribution in [1.82, 2.24) is 9.88 Å². The quantitative estimate of drug-likeness (QED) is 0.0777. The molecular formula is C42H60N4O3S. The minimum absolute atomic E-state index is 0.443. The molecular weight excluding hydrogens is 641 g/mol. The van der Waals surface area contributed by atoms with E-state index in [0.29, 0.717) is 19.0 Å². The SMILES string of the molecule is CCCCCCCCCCCCCCCCOC(=O)Nc1ccc2ccc(OCCCCN3CCN(c4cccc5sccc45)CC3)cc2n1. The molecule has 1 amide bonds. The molecule has 3 heterocycles. The van der Waals surface area contributed by atoms with Gasteiger partial charge >= 0.3 is 6.09 Å². The Labute approximate surface area is 304 Å². The molecule has 8 heteroatoms. The Hall–Kier alpha value is -3.36. The van der Waals surface area contributed by atoms with E-state index in [4.69, 9.17) is 9.47 Å². The Balaban J connectivity index is 0.894. The van der Waals surface area contributed by atoms with Gasteiger partial charge in [0, 0.05) is 53.4 Å². The molecule has 0 saturated carbocycles. The first kappa shape index (κ1) is 37.9. The molecule has 0 aliphatic carbocycles. The molecule has 1 N–H and O–H groups in total. The average Bonchev–Trinajstić information content (AvgIpc) is 3.63. The summed E-state index contributed by atoms with van der Waals surface area (Å²) in [4.78, 5) is 22.1. The number of unbranched alkanes of at least 4 members (excludes halogenated alkanes) is 14. The van der Waals surface area contributed by atoms with E-state index in [9.17, 15) is 4.79 Å². The third kappa shape index (κ3) is 12.8. The Morgan fingerprint density at radius 3 is 2.18 bits per heavy atom. The molecule has 0 radical (unpaired) electrons. The van der Waals surface area contributed by atoms with Crippen LogP contribution in [0.1, 0.15) is 110 Å². The number of aromatic nitrogens is 1. The third-order valence-electron chi connectivity index (χ3n) is 9.95. The Morgan fingerprint density at radius 2 is 1.44 bits per heavy atom. The minimum Gasteiger partial charge on any atom is -0.494 e. The number of carbonyl (C=O) groups excluding carboxylic acids is 1. The van der Waals surface area contributed by atoms with E-state index in [2.05, 4.69) is 56.7 Å². The fraction of sp³-hybridized carbons (Fsp3) is 0.571. The second-order valence-corrected chi connectivity index (χ2v) is 14.8. The fourth-order valence-electron chi connectivity index (χ4n) is 6.95. The monoisotopic (exact) mass is 700 g/mol. The van der Waals surface area contributed by atoms with Crippen LogP contribution in [0.2, 0.25) is 0 Å². The normalized spacial score (nSPS) is 13.7. The number of anilines is 2. The van der Waals surface area contributed by atoms with E-state index in [1.165, 1.54) is 92.8 Å². The summed E-state index contributed by atoms with van der Waals surface area (Å²) in [7, 11) is 0. The van der Waals surface area contributed by atoms with Gasteiger partial charge in [0.2, 0.25) is 0 Å². The molecule has 0 atom stereocenters. The molecule has 7 nitrogen and oxygen atoms in total. The summed E-state index contributed by atoms with van der Waals surface area (Å²) in [5.74, 6) is 1.30. The van der Waals surface area contributed by atoms with Crippen LogP contribution in [0.3, 0.4) is 0 Å². The van der Waals surface area contributed by atoms with Crippen LogP contribution in [0.15, 0.2) is 60.0 Å². The molecule has 0 spiro atoms. The highest BCUT2D eigenvalue weighted by molar-refractivity contribution is 7.17. The van der Waals surface area contributed by atoms with Gasteiger partial charge in [0.25, 0.3) is 0 Å². The fourth-order valence-corrected chi connectivity index (χ4v) is 7.76. The number of carbonyl (C=O) groups is 1. The number of amides is 1. The standard InChI is InChI=1S/C42H60N4O3S/c1-2-3-4-5-6-7-8-9-10-11-12-13-14-16-32-49-42(47)44-41-24-22-35-21-23-36(34-38(35)43-41)48-31-17-15-26-45-27-29-46(30-28-45)39-19-18-20-40-37(39)25-33-50-40/h18-25,33-34H,2-17,26-32H2,1H3,(H,43,44,47). The van der Waals surface area contributed by atoms with E-state index < -0.39 is 6.09 Å². The maximum Gasteiger partial charge on any atom is 0.412 e. The van der Waals surface area contributed by atoms with Crippen molar-refractivity contribution in [2.75, 3.05) is 56.2 Å². The third-order valence-corrected chi connectivity index (χ3v) is 10.8. The summed E-state index contributed by atoms with van der Waals surface area (Å²) in [6, 6.07) is 18.7. The lowest BCUT2D eigenvalue weighted by molar-refractivity contribution is 0.159. The minimum atomic E-state index is -0.444. The molecule has 0 bridgehead atoms.